The van der Waals surface area contributed by atoms with Gasteiger partial charge in [0.15, 0.2) is 0 Å². The van der Waals surface area contributed by atoms with Gasteiger partial charge in [0.05, 0.1) is 0 Å². The molecule has 6 rings (SSSR count). The Bertz CT molecular complexity index is 2160. The summed E-state index contributed by atoms with van der Waals surface area (Å²) in [6.45, 7) is -4.20. The summed E-state index contributed by atoms with van der Waals surface area (Å²) in [7, 11) is 0. The number of nitrogens with one attached hydrogen (secondary N) is 1. The number of alkyl carbamates (subject to hydrolysis) is 1. The van der Waals surface area contributed by atoms with Crippen LogP contribution in [0.4, 0.5) is 21.0 Å². The molecular formula is C42H41N4O10P. The molecule has 0 spiro atoms. The van der Waals surface area contributed by atoms with Crippen LogP contribution < -0.4 is 21.2 Å². The van der Waals surface area contributed by atoms with E-state index in [-0.39, 0.29) is 48.4 Å². The van der Waals surface area contributed by atoms with Gasteiger partial charge in [-0.15, -0.1) is 0 Å². The van der Waals surface area contributed by atoms with Crippen molar-refractivity contribution in [2.45, 2.75) is 38.6 Å². The summed E-state index contributed by atoms with van der Waals surface area (Å²) in [5.41, 5.74) is -0.712. The molecule has 0 aliphatic carbocycles. The summed E-state index contributed by atoms with van der Waals surface area (Å²) >= 11 is 0. The summed E-state index contributed by atoms with van der Waals surface area (Å²) in [6.07, 6.45) is -0.983. The Balaban J connectivity index is 1.41. The molecule has 5 aromatic carbocycles. The first kappa shape index (κ1) is 40.2. The van der Waals surface area contributed by atoms with Crippen molar-refractivity contribution < 1.29 is 38.8 Å². The second-order valence-electron chi connectivity index (χ2n) is 13.7. The molecular weight excluding hydrogens is 751 g/mol. The Morgan fingerprint density at radius 2 is 1.14 bits per heavy atom. The standard InChI is InChI=1S/C42H41N4O10P/c1-30(43-41(49)55-27-31-15-11-13-23-36(31)45(51)52)39-38(25-26-47)44(40(39)48)29-57(33-17-5-2-6-18-33,34-19-7-3-8-20-34,35-21-9-4-10-22-35)42(50)56-28-32-16-12-14-24-37(32)46(53)54/h2-24,30,38-39,47H,25-29H2,1H3,(H,43,49). The SMILES string of the molecule is CC(NC(=O)OCc1ccccc1[N+](=O)[O-])C1C(=O)N(CP(C(=O)OCc2ccccc2[N+](=O)[O-])(c2ccccc2)(c2ccccc2)c2ccccc2)C1CCO. The van der Waals surface area contributed by atoms with E-state index in [4.69, 9.17) is 9.47 Å². The van der Waals surface area contributed by atoms with Gasteiger partial charge in [-0.3, -0.25) is 10.1 Å². The normalized spacial score (nSPS) is 16.3. The molecule has 1 fully saturated rings. The third-order valence-corrected chi connectivity index (χ3v) is 16.7. The molecule has 2 N–H and O–H groups in total. The molecule has 1 saturated heterocycles. The van der Waals surface area contributed by atoms with E-state index in [1.165, 1.54) is 36.4 Å². The van der Waals surface area contributed by atoms with E-state index >= 15 is 4.79 Å². The average molecular weight is 793 g/mol. The fourth-order valence-electron chi connectivity index (χ4n) is 7.83. The Morgan fingerprint density at radius 1 is 0.719 bits per heavy atom. The number of hydrogen-bond donors (Lipinski definition) is 2. The Labute approximate surface area is 328 Å². The predicted molar refractivity (Wildman–Crippen MR) is 215 cm³/mol. The molecule has 294 valence electrons. The molecule has 15 heteroatoms. The van der Waals surface area contributed by atoms with Crippen LogP contribution in [0.15, 0.2) is 140 Å². The van der Waals surface area contributed by atoms with Crippen LogP contribution in [-0.4, -0.2) is 62.5 Å². The number of nitro groups is 2. The van der Waals surface area contributed by atoms with Crippen molar-refractivity contribution in [1.82, 2.24) is 10.2 Å². The summed E-state index contributed by atoms with van der Waals surface area (Å²) < 4.78 is 11.6. The first-order chi connectivity index (χ1) is 27.5. The molecule has 1 heterocycles. The molecule has 0 radical (unpaired) electrons. The molecule has 0 saturated carbocycles. The van der Waals surface area contributed by atoms with E-state index in [1.807, 2.05) is 54.6 Å². The number of ether oxygens (including phenoxy) is 2. The molecule has 14 nitrogen and oxygen atoms in total. The van der Waals surface area contributed by atoms with Gasteiger partial charge in [0.2, 0.25) is 0 Å². The van der Waals surface area contributed by atoms with Crippen LogP contribution in [0.5, 0.6) is 0 Å². The molecule has 0 aromatic heterocycles. The minimum absolute atomic E-state index is 0.101. The van der Waals surface area contributed by atoms with Crippen LogP contribution in [0.2, 0.25) is 0 Å². The second kappa shape index (κ2) is 17.1. The molecule has 5 aromatic rings. The van der Waals surface area contributed by atoms with E-state index in [1.54, 1.807) is 60.4 Å². The van der Waals surface area contributed by atoms with Gasteiger partial charge in [0, 0.05) is 0 Å². The van der Waals surface area contributed by atoms with Crippen molar-refractivity contribution in [3.8, 4) is 0 Å². The van der Waals surface area contributed by atoms with Crippen LogP contribution in [-0.2, 0) is 27.5 Å². The summed E-state index contributed by atoms with van der Waals surface area (Å²) in [5, 5.41) is 38.2. The number of carbonyl (C=O) groups excluding carboxylic acids is 3. The van der Waals surface area contributed by atoms with E-state index < -0.39 is 58.8 Å². The van der Waals surface area contributed by atoms with Gasteiger partial charge in [-0.25, -0.2) is 0 Å². The van der Waals surface area contributed by atoms with Crippen LogP contribution >= 0.6 is 6.60 Å². The van der Waals surface area contributed by atoms with Crippen molar-refractivity contribution in [3.05, 3.63) is 171 Å². The number of amides is 2. The van der Waals surface area contributed by atoms with Crippen molar-refractivity contribution in [1.29, 1.82) is 0 Å². The fourth-order valence-corrected chi connectivity index (χ4v) is 13.8. The molecule has 57 heavy (non-hydrogen) atoms. The Morgan fingerprint density at radius 3 is 1.58 bits per heavy atom. The van der Waals surface area contributed by atoms with Crippen molar-refractivity contribution in [2.75, 3.05) is 12.9 Å². The van der Waals surface area contributed by atoms with Crippen LogP contribution in [0, 0.1) is 26.1 Å². The number of β-lactam (4-membered cyclic amide) rings is 1. The van der Waals surface area contributed by atoms with Gasteiger partial charge in [-0.05, 0) is 0 Å². The zero-order chi connectivity index (χ0) is 40.6. The number of carbonyl (C=O) groups is 3. The number of rotatable bonds is 16. The first-order valence-corrected chi connectivity index (χ1v) is 20.6. The number of nitrogens with zero attached hydrogens (tertiary/aromatic N) is 3. The first-order valence-electron chi connectivity index (χ1n) is 18.2. The van der Waals surface area contributed by atoms with E-state index in [9.17, 15) is 34.9 Å². The van der Waals surface area contributed by atoms with Crippen molar-refractivity contribution >= 4 is 51.6 Å². The van der Waals surface area contributed by atoms with Gasteiger partial charge >= 0.3 is 313 Å². The van der Waals surface area contributed by atoms with Gasteiger partial charge in [-0.1, -0.05) is 6.07 Å². The number of nitro benzene ring substituents is 2. The van der Waals surface area contributed by atoms with Crippen LogP contribution in [0.25, 0.3) is 0 Å². The van der Waals surface area contributed by atoms with Gasteiger partial charge < -0.3 is 0 Å². The molecule has 3 atom stereocenters. The van der Waals surface area contributed by atoms with Crippen LogP contribution in [0.3, 0.4) is 0 Å². The van der Waals surface area contributed by atoms with Gasteiger partial charge in [0.25, 0.3) is 0 Å². The number of hydrogen-bond acceptors (Lipinski definition) is 10. The maximum atomic E-state index is 15.7. The van der Waals surface area contributed by atoms with Gasteiger partial charge in [0.1, 0.15) is 0 Å². The summed E-state index contributed by atoms with van der Waals surface area (Å²) in [4.78, 5) is 67.1. The zero-order valence-corrected chi connectivity index (χ0v) is 31.9. The van der Waals surface area contributed by atoms with E-state index in [0.717, 1.165) is 0 Å². The van der Waals surface area contributed by atoms with Gasteiger partial charge in [-0.2, -0.15) is 0 Å². The maximum absolute atomic E-state index is 15.7. The zero-order valence-electron chi connectivity index (χ0n) is 31.0. The predicted octanol–water partition coefficient (Wildman–Crippen LogP) is 6.15. The monoisotopic (exact) mass is 792 g/mol. The van der Waals surface area contributed by atoms with Crippen molar-refractivity contribution in [2.24, 2.45) is 5.92 Å². The third kappa shape index (κ3) is 7.44. The molecule has 1 aliphatic rings. The molecule has 3 unspecified atom stereocenters. The van der Waals surface area contributed by atoms with E-state index in [0.29, 0.717) is 15.9 Å². The molecule has 2 amide bonds. The number of aliphatic hydroxyl groups excluding tert-OH is 1. The van der Waals surface area contributed by atoms with E-state index in [2.05, 4.69) is 5.32 Å². The minimum atomic E-state index is -4.70. The number of benzene rings is 5. The second-order valence-corrected chi connectivity index (χ2v) is 18.5. The number of para-hydroxylation sites is 2. The number of aliphatic hydroxyl groups is 1. The summed E-state index contributed by atoms with van der Waals surface area (Å²) in [5.74, 6) is -1.24. The third-order valence-electron chi connectivity index (χ3n) is 10.6. The fraction of sp³-hybridized carbons (Fsp3) is 0.214. The topological polar surface area (TPSA) is 191 Å². The molecule has 0 bridgehead atoms. The quantitative estimate of drug-likeness (QED) is 0.0507. The van der Waals surface area contributed by atoms with Crippen LogP contribution in [0.1, 0.15) is 24.5 Å². The Kier molecular flexibility index (Phi) is 12.1. The van der Waals surface area contributed by atoms with Crippen molar-refractivity contribution in [3.63, 3.8) is 0 Å². The summed E-state index contributed by atoms with van der Waals surface area (Å²) in [6, 6.07) is 37.5. The molecule has 1 aliphatic heterocycles. The number of likely N-dealkylation sites (tertiary alicyclic amines) is 1. The average Bonchev–Trinajstić information content (AvgIpc) is 3.23. The Hall–Kier alpha value is -6.50.